The molecule has 0 saturated heterocycles. The Balaban J connectivity index is 1.62. The molecule has 3 aromatic rings. The standard InChI is InChI=1S/C24H15BrClNO5/c1-30-20-13-14(11-18(26)21(20)31-23(28)16-5-3-2-4-6-16)12-19-24(29)32-22(27-19)15-7-9-17(25)10-8-15/h2-13H,1H3/b19-12-. The zero-order valence-corrected chi connectivity index (χ0v) is 19.0. The van der Waals surface area contributed by atoms with Crippen molar-refractivity contribution in [3.63, 3.8) is 0 Å². The molecule has 1 heterocycles. The summed E-state index contributed by atoms with van der Waals surface area (Å²) in [5.74, 6) is -0.631. The van der Waals surface area contributed by atoms with Crippen LogP contribution in [0.4, 0.5) is 0 Å². The van der Waals surface area contributed by atoms with Crippen molar-refractivity contribution in [2.24, 2.45) is 4.99 Å². The predicted octanol–water partition coefficient (Wildman–Crippen LogP) is 5.67. The third-order valence-corrected chi connectivity index (χ3v) is 5.28. The molecule has 0 saturated carbocycles. The van der Waals surface area contributed by atoms with E-state index in [0.717, 1.165) is 4.47 Å². The maximum absolute atomic E-state index is 12.4. The number of benzene rings is 3. The topological polar surface area (TPSA) is 74.2 Å². The minimum absolute atomic E-state index is 0.0817. The van der Waals surface area contributed by atoms with Gasteiger partial charge in [-0.3, -0.25) is 0 Å². The minimum atomic E-state index is -0.586. The summed E-state index contributed by atoms with van der Waals surface area (Å²) in [5, 5.41) is 0.143. The van der Waals surface area contributed by atoms with Crippen molar-refractivity contribution in [1.29, 1.82) is 0 Å². The fourth-order valence-electron chi connectivity index (χ4n) is 2.93. The van der Waals surface area contributed by atoms with Crippen LogP contribution in [0.15, 0.2) is 81.9 Å². The highest BCUT2D eigenvalue weighted by molar-refractivity contribution is 9.10. The van der Waals surface area contributed by atoms with E-state index in [2.05, 4.69) is 20.9 Å². The van der Waals surface area contributed by atoms with Gasteiger partial charge >= 0.3 is 11.9 Å². The van der Waals surface area contributed by atoms with Crippen molar-refractivity contribution in [3.8, 4) is 11.5 Å². The van der Waals surface area contributed by atoms with Crippen molar-refractivity contribution >= 4 is 51.4 Å². The molecule has 32 heavy (non-hydrogen) atoms. The lowest BCUT2D eigenvalue weighted by atomic mass is 10.1. The number of methoxy groups -OCH3 is 1. The summed E-state index contributed by atoms with van der Waals surface area (Å²) in [6.45, 7) is 0. The van der Waals surface area contributed by atoms with E-state index in [0.29, 0.717) is 16.7 Å². The summed E-state index contributed by atoms with van der Waals surface area (Å²) in [4.78, 5) is 29.0. The summed E-state index contributed by atoms with van der Waals surface area (Å²) in [6.07, 6.45) is 1.52. The highest BCUT2D eigenvalue weighted by atomic mass is 79.9. The SMILES string of the molecule is COc1cc(/C=C2\N=C(c3ccc(Br)cc3)OC2=O)cc(Cl)c1OC(=O)c1ccccc1. The first-order valence-corrected chi connectivity index (χ1v) is 10.5. The van der Waals surface area contributed by atoms with Crippen LogP contribution < -0.4 is 9.47 Å². The lowest BCUT2D eigenvalue weighted by molar-refractivity contribution is -0.129. The van der Waals surface area contributed by atoms with E-state index >= 15 is 0 Å². The highest BCUT2D eigenvalue weighted by Crippen LogP contribution is 2.38. The molecule has 0 aliphatic carbocycles. The Bertz CT molecular complexity index is 1250. The first kappa shape index (κ1) is 21.8. The molecule has 0 spiro atoms. The number of halogens is 2. The molecular formula is C24H15BrClNO5. The average Bonchev–Trinajstić information content (AvgIpc) is 3.16. The maximum Gasteiger partial charge on any atom is 0.363 e. The molecule has 0 N–H and O–H groups in total. The number of carbonyl (C=O) groups excluding carboxylic acids is 2. The first-order chi connectivity index (χ1) is 15.4. The monoisotopic (exact) mass is 511 g/mol. The van der Waals surface area contributed by atoms with Crippen LogP contribution in [0.2, 0.25) is 5.02 Å². The van der Waals surface area contributed by atoms with Crippen LogP contribution in [0.3, 0.4) is 0 Å². The molecule has 4 rings (SSSR count). The van der Waals surface area contributed by atoms with Gasteiger partial charge in [0.15, 0.2) is 17.2 Å². The third kappa shape index (κ3) is 4.74. The first-order valence-electron chi connectivity index (χ1n) is 9.38. The van der Waals surface area contributed by atoms with E-state index in [9.17, 15) is 9.59 Å². The van der Waals surface area contributed by atoms with Crippen LogP contribution in [0.25, 0.3) is 6.08 Å². The molecule has 0 bridgehead atoms. The smallest absolute Gasteiger partial charge is 0.363 e. The second-order valence-electron chi connectivity index (χ2n) is 6.63. The van der Waals surface area contributed by atoms with Gasteiger partial charge in [0.05, 0.1) is 17.7 Å². The Morgan fingerprint density at radius 2 is 1.81 bits per heavy atom. The highest BCUT2D eigenvalue weighted by Gasteiger charge is 2.25. The number of ether oxygens (including phenoxy) is 3. The summed E-state index contributed by atoms with van der Waals surface area (Å²) < 4.78 is 17.0. The van der Waals surface area contributed by atoms with Gasteiger partial charge in [-0.1, -0.05) is 45.7 Å². The predicted molar refractivity (Wildman–Crippen MR) is 124 cm³/mol. The van der Waals surface area contributed by atoms with Crippen LogP contribution in [0.1, 0.15) is 21.5 Å². The van der Waals surface area contributed by atoms with Crippen molar-refractivity contribution in [2.75, 3.05) is 7.11 Å². The zero-order valence-electron chi connectivity index (χ0n) is 16.7. The van der Waals surface area contributed by atoms with Crippen LogP contribution >= 0.6 is 27.5 Å². The molecule has 0 unspecified atom stereocenters. The van der Waals surface area contributed by atoms with Gasteiger partial charge in [0.25, 0.3) is 0 Å². The third-order valence-electron chi connectivity index (χ3n) is 4.47. The van der Waals surface area contributed by atoms with Gasteiger partial charge < -0.3 is 14.2 Å². The molecule has 0 amide bonds. The maximum atomic E-state index is 12.4. The Morgan fingerprint density at radius 3 is 2.50 bits per heavy atom. The molecule has 8 heteroatoms. The van der Waals surface area contributed by atoms with Crippen molar-refractivity contribution in [2.45, 2.75) is 0 Å². The van der Waals surface area contributed by atoms with Gasteiger partial charge in [-0.15, -0.1) is 0 Å². The van der Waals surface area contributed by atoms with Gasteiger partial charge in [0, 0.05) is 10.0 Å². The molecule has 0 radical (unpaired) electrons. The largest absolute Gasteiger partial charge is 0.493 e. The second kappa shape index (κ2) is 9.38. The molecule has 160 valence electrons. The normalized spacial score (nSPS) is 14.2. The van der Waals surface area contributed by atoms with Crippen LogP contribution in [-0.4, -0.2) is 24.9 Å². The van der Waals surface area contributed by atoms with Crippen molar-refractivity contribution < 1.29 is 23.8 Å². The Morgan fingerprint density at radius 1 is 1.09 bits per heavy atom. The number of hydrogen-bond acceptors (Lipinski definition) is 6. The Hall–Kier alpha value is -3.42. The van der Waals surface area contributed by atoms with Gasteiger partial charge in [-0.2, -0.15) is 0 Å². The number of cyclic esters (lactones) is 1. The van der Waals surface area contributed by atoms with Crippen LogP contribution in [0, 0.1) is 0 Å². The van der Waals surface area contributed by atoms with Gasteiger partial charge in [-0.05, 0) is 60.2 Å². The summed E-state index contributed by atoms with van der Waals surface area (Å²) in [5.41, 5.74) is 1.68. The van der Waals surface area contributed by atoms with Crippen molar-refractivity contribution in [1.82, 2.24) is 0 Å². The summed E-state index contributed by atoms with van der Waals surface area (Å²) >= 11 is 9.72. The van der Waals surface area contributed by atoms with Crippen molar-refractivity contribution in [3.05, 3.63) is 98.6 Å². The molecule has 1 aliphatic heterocycles. The zero-order chi connectivity index (χ0) is 22.7. The average molecular weight is 513 g/mol. The van der Waals surface area contributed by atoms with Crippen LogP contribution in [0.5, 0.6) is 11.5 Å². The lowest BCUT2D eigenvalue weighted by Gasteiger charge is -2.12. The van der Waals surface area contributed by atoms with E-state index in [1.807, 2.05) is 12.1 Å². The number of rotatable bonds is 5. The molecular weight excluding hydrogens is 498 g/mol. The molecule has 3 aromatic carbocycles. The molecule has 0 fully saturated rings. The number of carbonyl (C=O) groups is 2. The number of esters is 2. The molecule has 0 atom stereocenters. The summed E-state index contributed by atoms with van der Waals surface area (Å²) in [6, 6.07) is 18.9. The Kier molecular flexibility index (Phi) is 6.39. The molecule has 0 aromatic heterocycles. The van der Waals surface area contributed by atoms with E-state index < -0.39 is 11.9 Å². The van der Waals surface area contributed by atoms with Crippen LogP contribution in [-0.2, 0) is 9.53 Å². The Labute approximate surface area is 197 Å². The van der Waals surface area contributed by atoms with Gasteiger partial charge in [0.2, 0.25) is 5.90 Å². The van der Waals surface area contributed by atoms with E-state index in [4.69, 9.17) is 25.8 Å². The number of nitrogens with zero attached hydrogens (tertiary/aromatic N) is 1. The summed E-state index contributed by atoms with van der Waals surface area (Å²) in [7, 11) is 1.43. The fourth-order valence-corrected chi connectivity index (χ4v) is 3.45. The lowest BCUT2D eigenvalue weighted by Crippen LogP contribution is -2.09. The van der Waals surface area contributed by atoms with Gasteiger partial charge in [-0.25, -0.2) is 14.6 Å². The van der Waals surface area contributed by atoms with E-state index in [-0.39, 0.29) is 28.1 Å². The van der Waals surface area contributed by atoms with Gasteiger partial charge in [0.1, 0.15) is 0 Å². The quantitative estimate of drug-likeness (QED) is 0.250. The molecule has 1 aliphatic rings. The van der Waals surface area contributed by atoms with E-state index in [1.165, 1.54) is 13.2 Å². The fraction of sp³-hybridized carbons (Fsp3) is 0.0417. The molecule has 6 nitrogen and oxygen atoms in total. The van der Waals surface area contributed by atoms with E-state index in [1.54, 1.807) is 54.6 Å². The minimum Gasteiger partial charge on any atom is -0.493 e. The second-order valence-corrected chi connectivity index (χ2v) is 7.96. The number of aliphatic imine (C=N–C) groups is 1. The number of hydrogen-bond donors (Lipinski definition) is 0.